The van der Waals surface area contributed by atoms with Gasteiger partial charge in [-0.15, -0.1) is 23.7 Å². The number of hydrogen-bond acceptors (Lipinski definition) is 2. The van der Waals surface area contributed by atoms with Gasteiger partial charge in [0.25, 0.3) is 0 Å². The summed E-state index contributed by atoms with van der Waals surface area (Å²) in [5.41, 5.74) is 1.26. The fourth-order valence-corrected chi connectivity index (χ4v) is 2.15. The Morgan fingerprint density at radius 1 is 1.06 bits per heavy atom. The van der Waals surface area contributed by atoms with Crippen molar-refractivity contribution in [1.29, 1.82) is 0 Å². The molecule has 0 fully saturated rings. The van der Waals surface area contributed by atoms with Gasteiger partial charge in [0.05, 0.1) is 0 Å². The number of rotatable bonds is 4. The summed E-state index contributed by atoms with van der Waals surface area (Å²) < 4.78 is 0. The molecule has 4 heteroatoms. The van der Waals surface area contributed by atoms with E-state index in [0.29, 0.717) is 0 Å². The Kier molecular flexibility index (Phi) is 5.85. The Morgan fingerprint density at radius 3 is 2.44 bits per heavy atom. The van der Waals surface area contributed by atoms with Crippen LogP contribution in [0, 0.1) is 0 Å². The molecular weight excluding hydrogens is 261 g/mol. The van der Waals surface area contributed by atoms with Gasteiger partial charge in [0.15, 0.2) is 0 Å². The molecule has 2 aromatic rings. The van der Waals surface area contributed by atoms with Crippen LogP contribution in [0.15, 0.2) is 41.8 Å². The van der Waals surface area contributed by atoms with Crippen LogP contribution in [0.4, 0.5) is 0 Å². The predicted octanol–water partition coefficient (Wildman–Crippen LogP) is 4.11. The maximum atomic E-state index is 5.81. The highest BCUT2D eigenvalue weighted by atomic mass is 35.5. The molecule has 0 aliphatic heterocycles. The summed E-state index contributed by atoms with van der Waals surface area (Å²) in [6, 6.07) is 12.1. The molecule has 0 amide bonds. The largest absolute Gasteiger partial charge is 0.308 e. The Hall–Kier alpha value is -0.540. The van der Waals surface area contributed by atoms with E-state index >= 15 is 0 Å². The third-order valence-electron chi connectivity index (χ3n) is 2.12. The first-order valence-electron chi connectivity index (χ1n) is 4.82. The van der Waals surface area contributed by atoms with Crippen molar-refractivity contribution in [3.8, 4) is 0 Å². The van der Waals surface area contributed by atoms with Gasteiger partial charge in [-0.3, -0.25) is 0 Å². The second-order valence-electron chi connectivity index (χ2n) is 3.31. The standard InChI is InChI=1S/C12H12ClNS.ClH/c13-11-5-3-10(4-6-11)8-14-9-12-2-1-7-15-12;/h1-7,14H,8-9H2;1H. The van der Waals surface area contributed by atoms with Gasteiger partial charge >= 0.3 is 0 Å². The molecule has 0 aliphatic rings. The van der Waals surface area contributed by atoms with E-state index in [0.717, 1.165) is 18.1 Å². The average Bonchev–Trinajstić information content (AvgIpc) is 2.74. The van der Waals surface area contributed by atoms with Crippen LogP contribution in [0.5, 0.6) is 0 Å². The van der Waals surface area contributed by atoms with Crippen LogP contribution < -0.4 is 5.32 Å². The molecule has 0 saturated carbocycles. The summed E-state index contributed by atoms with van der Waals surface area (Å²) in [5.74, 6) is 0. The Morgan fingerprint density at radius 2 is 1.81 bits per heavy atom. The molecule has 0 aliphatic carbocycles. The minimum absolute atomic E-state index is 0. The van der Waals surface area contributed by atoms with Crippen molar-refractivity contribution in [2.45, 2.75) is 13.1 Å². The van der Waals surface area contributed by atoms with Crippen LogP contribution in [0.25, 0.3) is 0 Å². The lowest BCUT2D eigenvalue weighted by molar-refractivity contribution is 0.701. The van der Waals surface area contributed by atoms with Crippen LogP contribution in [0.3, 0.4) is 0 Å². The van der Waals surface area contributed by atoms with Gasteiger partial charge in [0.2, 0.25) is 0 Å². The fourth-order valence-electron chi connectivity index (χ4n) is 1.35. The van der Waals surface area contributed by atoms with Gasteiger partial charge in [-0.2, -0.15) is 0 Å². The summed E-state index contributed by atoms with van der Waals surface area (Å²) in [6.07, 6.45) is 0. The van der Waals surface area contributed by atoms with Gasteiger partial charge in [-0.05, 0) is 29.1 Å². The van der Waals surface area contributed by atoms with Crippen molar-refractivity contribution >= 4 is 35.3 Å². The summed E-state index contributed by atoms with van der Waals surface area (Å²) in [4.78, 5) is 1.36. The third-order valence-corrected chi connectivity index (χ3v) is 3.25. The van der Waals surface area contributed by atoms with E-state index in [4.69, 9.17) is 11.6 Å². The lowest BCUT2D eigenvalue weighted by Gasteiger charge is -2.03. The van der Waals surface area contributed by atoms with Crippen LogP contribution in [-0.4, -0.2) is 0 Å². The molecular formula is C12H13Cl2NS. The zero-order chi connectivity index (χ0) is 10.5. The molecule has 0 spiro atoms. The molecule has 0 radical (unpaired) electrons. The average molecular weight is 274 g/mol. The maximum Gasteiger partial charge on any atom is 0.0406 e. The molecule has 1 nitrogen and oxygen atoms in total. The van der Waals surface area contributed by atoms with Crippen molar-refractivity contribution < 1.29 is 0 Å². The molecule has 0 unspecified atom stereocenters. The van der Waals surface area contributed by atoms with Crippen molar-refractivity contribution in [1.82, 2.24) is 5.32 Å². The lowest BCUT2D eigenvalue weighted by Crippen LogP contribution is -2.11. The highest BCUT2D eigenvalue weighted by Gasteiger charge is 1.94. The Labute approximate surface area is 111 Å². The number of nitrogens with one attached hydrogen (secondary N) is 1. The van der Waals surface area contributed by atoms with Crippen molar-refractivity contribution in [2.75, 3.05) is 0 Å². The lowest BCUT2D eigenvalue weighted by atomic mass is 10.2. The molecule has 1 N–H and O–H groups in total. The zero-order valence-corrected chi connectivity index (χ0v) is 11.0. The van der Waals surface area contributed by atoms with E-state index in [1.54, 1.807) is 11.3 Å². The van der Waals surface area contributed by atoms with Gasteiger partial charge in [0, 0.05) is 23.0 Å². The third kappa shape index (κ3) is 4.14. The molecule has 1 heterocycles. The first-order valence-corrected chi connectivity index (χ1v) is 6.08. The fraction of sp³-hybridized carbons (Fsp3) is 0.167. The van der Waals surface area contributed by atoms with E-state index in [-0.39, 0.29) is 12.4 Å². The summed E-state index contributed by atoms with van der Waals surface area (Å²) >= 11 is 7.59. The molecule has 86 valence electrons. The topological polar surface area (TPSA) is 12.0 Å². The second kappa shape index (κ2) is 6.92. The zero-order valence-electron chi connectivity index (χ0n) is 8.65. The van der Waals surface area contributed by atoms with Crippen molar-refractivity contribution in [3.05, 3.63) is 57.2 Å². The van der Waals surface area contributed by atoms with Crippen molar-refractivity contribution in [3.63, 3.8) is 0 Å². The van der Waals surface area contributed by atoms with E-state index in [2.05, 4.69) is 22.8 Å². The van der Waals surface area contributed by atoms with Gasteiger partial charge in [-0.25, -0.2) is 0 Å². The summed E-state index contributed by atoms with van der Waals surface area (Å²) in [6.45, 7) is 1.81. The first kappa shape index (κ1) is 13.5. The predicted molar refractivity (Wildman–Crippen MR) is 73.6 cm³/mol. The molecule has 0 bridgehead atoms. The second-order valence-corrected chi connectivity index (χ2v) is 4.78. The highest BCUT2D eigenvalue weighted by molar-refractivity contribution is 7.09. The quantitative estimate of drug-likeness (QED) is 0.884. The number of thiophene rings is 1. The van der Waals surface area contributed by atoms with Crippen molar-refractivity contribution in [2.24, 2.45) is 0 Å². The number of benzene rings is 1. The Bertz CT molecular complexity index is 397. The van der Waals surface area contributed by atoms with Crippen LogP contribution >= 0.6 is 35.3 Å². The summed E-state index contributed by atoms with van der Waals surface area (Å²) in [7, 11) is 0. The SMILES string of the molecule is Cl.Clc1ccc(CNCc2cccs2)cc1. The van der Waals surface area contributed by atoms with Crippen LogP contribution in [0.2, 0.25) is 5.02 Å². The van der Waals surface area contributed by atoms with Crippen LogP contribution in [-0.2, 0) is 13.1 Å². The van der Waals surface area contributed by atoms with E-state index < -0.39 is 0 Å². The number of halogens is 2. The van der Waals surface area contributed by atoms with E-state index in [1.807, 2.05) is 24.3 Å². The highest BCUT2D eigenvalue weighted by Crippen LogP contribution is 2.10. The minimum atomic E-state index is 0. The normalized spacial score (nSPS) is 9.81. The maximum absolute atomic E-state index is 5.81. The number of hydrogen-bond donors (Lipinski definition) is 1. The smallest absolute Gasteiger partial charge is 0.0406 e. The summed E-state index contributed by atoms with van der Waals surface area (Å²) in [5, 5.41) is 6.28. The molecule has 2 rings (SSSR count). The molecule has 0 atom stereocenters. The Balaban J connectivity index is 0.00000128. The monoisotopic (exact) mass is 273 g/mol. The van der Waals surface area contributed by atoms with Gasteiger partial charge in [0.1, 0.15) is 0 Å². The van der Waals surface area contributed by atoms with E-state index in [9.17, 15) is 0 Å². The van der Waals surface area contributed by atoms with Crippen LogP contribution in [0.1, 0.15) is 10.4 Å². The van der Waals surface area contributed by atoms with Gasteiger partial charge in [-0.1, -0.05) is 29.8 Å². The molecule has 1 aromatic heterocycles. The molecule has 16 heavy (non-hydrogen) atoms. The van der Waals surface area contributed by atoms with E-state index in [1.165, 1.54) is 10.4 Å². The molecule has 0 saturated heterocycles. The van der Waals surface area contributed by atoms with Gasteiger partial charge < -0.3 is 5.32 Å². The first-order chi connectivity index (χ1) is 7.34. The minimum Gasteiger partial charge on any atom is -0.308 e. The molecule has 1 aromatic carbocycles.